The number of amides is 2. The number of carbonyl (C=O) groups is 3. The first-order valence-electron chi connectivity index (χ1n) is 7.65. The number of ketones is 1. The summed E-state index contributed by atoms with van der Waals surface area (Å²) in [6, 6.07) is 6.62. The molecule has 1 saturated heterocycles. The Labute approximate surface area is 135 Å². The number of likely N-dealkylation sites (N-methyl/N-ethyl adjacent to an activating group) is 1. The van der Waals surface area contributed by atoms with Gasteiger partial charge in [0.1, 0.15) is 0 Å². The molecule has 0 aromatic heterocycles. The fourth-order valence-corrected chi connectivity index (χ4v) is 2.75. The number of benzene rings is 1. The maximum Gasteiger partial charge on any atom is 0.258 e. The van der Waals surface area contributed by atoms with Crippen LogP contribution < -0.4 is 4.90 Å². The van der Waals surface area contributed by atoms with Crippen LogP contribution in [-0.2, 0) is 9.59 Å². The summed E-state index contributed by atoms with van der Waals surface area (Å²) in [5, 5.41) is 0. The molecule has 6 heteroatoms. The number of rotatable bonds is 4. The van der Waals surface area contributed by atoms with Gasteiger partial charge in [-0.1, -0.05) is 0 Å². The molecule has 0 N–H and O–H groups in total. The molecule has 23 heavy (non-hydrogen) atoms. The maximum absolute atomic E-state index is 12.3. The van der Waals surface area contributed by atoms with Crippen LogP contribution in [0.15, 0.2) is 36.4 Å². The molecule has 3 rings (SSSR count). The Morgan fingerprint density at radius 2 is 1.52 bits per heavy atom. The largest absolute Gasteiger partial charge is 0.304 e. The van der Waals surface area contributed by atoms with Crippen molar-refractivity contribution >= 4 is 23.3 Å². The molecule has 0 spiro atoms. The number of hydrogen-bond donors (Lipinski definition) is 0. The van der Waals surface area contributed by atoms with Gasteiger partial charge in [0, 0.05) is 43.9 Å². The topological polar surface area (TPSA) is 60.9 Å². The number of anilines is 1. The molecular formula is C17H19N3O3. The van der Waals surface area contributed by atoms with Crippen molar-refractivity contribution in [3.63, 3.8) is 0 Å². The Bertz CT molecular complexity index is 640. The second kappa shape index (κ2) is 6.44. The third-order valence-electron chi connectivity index (χ3n) is 4.22. The molecule has 2 aliphatic rings. The number of piperazine rings is 1. The predicted octanol–water partition coefficient (Wildman–Crippen LogP) is 0.546. The summed E-state index contributed by atoms with van der Waals surface area (Å²) < 4.78 is 0. The number of nitrogens with zero attached hydrogens (tertiary/aromatic N) is 3. The highest BCUT2D eigenvalue weighted by atomic mass is 16.2. The first-order chi connectivity index (χ1) is 11.0. The van der Waals surface area contributed by atoms with E-state index in [0.717, 1.165) is 31.1 Å². The zero-order valence-corrected chi connectivity index (χ0v) is 13.1. The van der Waals surface area contributed by atoms with Crippen LogP contribution >= 0.6 is 0 Å². The van der Waals surface area contributed by atoms with Crippen molar-refractivity contribution < 1.29 is 14.4 Å². The zero-order chi connectivity index (χ0) is 16.4. The van der Waals surface area contributed by atoms with Crippen molar-refractivity contribution in [2.24, 2.45) is 0 Å². The molecule has 2 aliphatic heterocycles. The van der Waals surface area contributed by atoms with Crippen LogP contribution in [0, 0.1) is 0 Å². The van der Waals surface area contributed by atoms with Gasteiger partial charge in [-0.3, -0.25) is 19.3 Å². The molecule has 0 radical (unpaired) electrons. The van der Waals surface area contributed by atoms with E-state index in [1.165, 1.54) is 12.2 Å². The van der Waals surface area contributed by atoms with Crippen molar-refractivity contribution in [3.8, 4) is 0 Å². The van der Waals surface area contributed by atoms with Crippen LogP contribution in [0.3, 0.4) is 0 Å². The highest BCUT2D eigenvalue weighted by molar-refractivity contribution is 6.28. The molecule has 6 nitrogen and oxygen atoms in total. The molecule has 1 aromatic carbocycles. The minimum atomic E-state index is -0.355. The fourth-order valence-electron chi connectivity index (χ4n) is 2.75. The summed E-state index contributed by atoms with van der Waals surface area (Å²) >= 11 is 0. The summed E-state index contributed by atoms with van der Waals surface area (Å²) in [5.41, 5.74) is 1.08. The van der Waals surface area contributed by atoms with Crippen molar-refractivity contribution in [2.45, 2.75) is 0 Å². The third kappa shape index (κ3) is 3.38. The van der Waals surface area contributed by atoms with Crippen LogP contribution in [0.5, 0.6) is 0 Å². The Morgan fingerprint density at radius 3 is 2.09 bits per heavy atom. The van der Waals surface area contributed by atoms with Crippen LogP contribution in [-0.4, -0.2) is 67.2 Å². The van der Waals surface area contributed by atoms with Gasteiger partial charge in [-0.05, 0) is 31.3 Å². The molecule has 1 aromatic rings. The lowest BCUT2D eigenvalue weighted by Gasteiger charge is -2.31. The average Bonchev–Trinajstić information content (AvgIpc) is 2.88. The highest BCUT2D eigenvalue weighted by Crippen LogP contribution is 2.19. The van der Waals surface area contributed by atoms with Crippen LogP contribution in [0.25, 0.3) is 0 Å². The number of Topliss-reactive ketones (excluding diaryl/α,β-unsaturated/α-hetero) is 1. The monoisotopic (exact) mass is 313 g/mol. The average molecular weight is 313 g/mol. The molecule has 0 aliphatic carbocycles. The van der Waals surface area contributed by atoms with E-state index in [9.17, 15) is 14.4 Å². The molecule has 0 atom stereocenters. The van der Waals surface area contributed by atoms with E-state index in [-0.39, 0.29) is 17.6 Å². The molecule has 2 amide bonds. The van der Waals surface area contributed by atoms with Crippen molar-refractivity contribution in [1.29, 1.82) is 0 Å². The number of imide groups is 1. The van der Waals surface area contributed by atoms with E-state index in [0.29, 0.717) is 17.8 Å². The minimum absolute atomic E-state index is 0.0540. The van der Waals surface area contributed by atoms with E-state index in [1.54, 1.807) is 24.3 Å². The molecule has 120 valence electrons. The fraction of sp³-hybridized carbons (Fsp3) is 0.353. The quantitative estimate of drug-likeness (QED) is 0.600. The smallest absolute Gasteiger partial charge is 0.258 e. The molecule has 2 heterocycles. The number of carbonyl (C=O) groups excluding carboxylic acids is 3. The Balaban J connectivity index is 1.64. The van der Waals surface area contributed by atoms with E-state index < -0.39 is 0 Å². The van der Waals surface area contributed by atoms with Crippen LogP contribution in [0.1, 0.15) is 10.4 Å². The normalized spacial score (nSPS) is 19.6. The molecule has 0 bridgehead atoms. The Kier molecular flexibility index (Phi) is 4.36. The van der Waals surface area contributed by atoms with E-state index in [2.05, 4.69) is 16.8 Å². The van der Waals surface area contributed by atoms with Gasteiger partial charge in [0.2, 0.25) is 0 Å². The van der Waals surface area contributed by atoms with Crippen molar-refractivity contribution in [3.05, 3.63) is 42.0 Å². The summed E-state index contributed by atoms with van der Waals surface area (Å²) in [6.45, 7) is 4.12. The molecule has 0 saturated carbocycles. The van der Waals surface area contributed by atoms with Crippen LogP contribution in [0.4, 0.5) is 5.69 Å². The lowest BCUT2D eigenvalue weighted by atomic mass is 10.1. The molecule has 0 unspecified atom stereocenters. The minimum Gasteiger partial charge on any atom is -0.304 e. The van der Waals surface area contributed by atoms with Gasteiger partial charge in [-0.2, -0.15) is 0 Å². The predicted molar refractivity (Wildman–Crippen MR) is 86.3 cm³/mol. The van der Waals surface area contributed by atoms with Gasteiger partial charge >= 0.3 is 0 Å². The summed E-state index contributed by atoms with van der Waals surface area (Å²) in [5.74, 6) is -0.656. The lowest BCUT2D eigenvalue weighted by molar-refractivity contribution is -0.119. The summed E-state index contributed by atoms with van der Waals surface area (Å²) in [4.78, 5) is 41.1. The summed E-state index contributed by atoms with van der Waals surface area (Å²) in [6.07, 6.45) is 2.49. The standard InChI is InChI=1S/C17H19N3O3/c1-18-8-10-19(11-9-18)12-15(21)13-2-4-14(5-3-13)20-16(22)6-7-17(20)23/h2-7H,8-12H2,1H3. The van der Waals surface area contributed by atoms with E-state index in [1.807, 2.05) is 0 Å². The highest BCUT2D eigenvalue weighted by Gasteiger charge is 2.25. The van der Waals surface area contributed by atoms with E-state index >= 15 is 0 Å². The zero-order valence-electron chi connectivity index (χ0n) is 13.1. The third-order valence-corrected chi connectivity index (χ3v) is 4.22. The first-order valence-corrected chi connectivity index (χ1v) is 7.65. The Morgan fingerprint density at radius 1 is 0.957 bits per heavy atom. The van der Waals surface area contributed by atoms with Crippen molar-refractivity contribution in [1.82, 2.24) is 9.80 Å². The SMILES string of the molecule is CN1CCN(CC(=O)c2ccc(N3C(=O)C=CC3=O)cc2)CC1. The van der Waals surface area contributed by atoms with Crippen LogP contribution in [0.2, 0.25) is 0 Å². The second-order valence-corrected chi connectivity index (χ2v) is 5.89. The lowest BCUT2D eigenvalue weighted by Crippen LogP contribution is -2.46. The Hall–Kier alpha value is -2.31. The summed E-state index contributed by atoms with van der Waals surface area (Å²) in [7, 11) is 2.08. The van der Waals surface area contributed by atoms with Gasteiger partial charge in [-0.15, -0.1) is 0 Å². The first kappa shape index (κ1) is 15.6. The number of hydrogen-bond acceptors (Lipinski definition) is 5. The van der Waals surface area contributed by atoms with Gasteiger partial charge in [0.25, 0.3) is 11.8 Å². The van der Waals surface area contributed by atoms with Gasteiger partial charge in [0.05, 0.1) is 12.2 Å². The van der Waals surface area contributed by atoms with Crippen molar-refractivity contribution in [2.75, 3.05) is 44.7 Å². The van der Waals surface area contributed by atoms with E-state index in [4.69, 9.17) is 0 Å². The molecule has 1 fully saturated rings. The van der Waals surface area contributed by atoms with Gasteiger partial charge < -0.3 is 4.90 Å². The second-order valence-electron chi connectivity index (χ2n) is 5.89. The van der Waals surface area contributed by atoms with Gasteiger partial charge in [0.15, 0.2) is 5.78 Å². The van der Waals surface area contributed by atoms with Gasteiger partial charge in [-0.25, -0.2) is 4.90 Å². The maximum atomic E-state index is 12.3. The molecular weight excluding hydrogens is 294 g/mol.